The van der Waals surface area contributed by atoms with Crippen molar-refractivity contribution in [1.29, 1.82) is 0 Å². The molecule has 2 unspecified atom stereocenters. The van der Waals surface area contributed by atoms with Crippen LogP contribution in [-0.4, -0.2) is 70.3 Å². The highest BCUT2D eigenvalue weighted by Gasteiger charge is 2.35. The molecule has 0 aromatic rings. The van der Waals surface area contributed by atoms with E-state index >= 15 is 0 Å². The van der Waals surface area contributed by atoms with E-state index in [4.69, 9.17) is 20.1 Å². The van der Waals surface area contributed by atoms with Gasteiger partial charge in [-0.05, 0) is 0 Å². The van der Waals surface area contributed by atoms with E-state index in [1.165, 1.54) is 0 Å². The Morgan fingerprint density at radius 3 is 2.54 bits per heavy atom. The highest BCUT2D eigenvalue weighted by Crippen LogP contribution is 2.15. The number of ether oxygens (including phenoxy) is 1. The van der Waals surface area contributed by atoms with Gasteiger partial charge in [-0.3, -0.25) is 4.90 Å². The minimum atomic E-state index is -1.26. The van der Waals surface area contributed by atoms with Crippen molar-refractivity contribution in [3.05, 3.63) is 0 Å². The predicted octanol–water partition coefficient (Wildman–Crippen LogP) is -2.69. The van der Waals surface area contributed by atoms with Gasteiger partial charge in [0.2, 0.25) is 0 Å². The molecular weight excluding hydrogens is 178 g/mol. The van der Waals surface area contributed by atoms with Gasteiger partial charge in [0.05, 0.1) is 19.3 Å². The van der Waals surface area contributed by atoms with Gasteiger partial charge in [-0.1, -0.05) is 0 Å². The fraction of sp³-hybridized carbons (Fsp3) is 1.00. The van der Waals surface area contributed by atoms with Gasteiger partial charge in [-0.15, -0.1) is 0 Å². The summed E-state index contributed by atoms with van der Waals surface area (Å²) in [5, 5.41) is 36.1. The van der Waals surface area contributed by atoms with E-state index in [0.717, 1.165) is 0 Å². The first-order valence-corrected chi connectivity index (χ1v) is 4.14. The summed E-state index contributed by atoms with van der Waals surface area (Å²) < 4.78 is 4.80. The zero-order chi connectivity index (χ0) is 9.84. The van der Waals surface area contributed by atoms with Crippen molar-refractivity contribution in [2.75, 3.05) is 26.5 Å². The number of aliphatic hydroxyl groups excluding tert-OH is 4. The standard InChI is InChI=1S/C7H15NO5/c9-2-1-8-4-13-7(12)6(11)5(8)3-10/h5-7,9-12H,1-4H2/t5?,6-,7?/m1/s1. The molecule has 0 spiro atoms. The van der Waals surface area contributed by atoms with Crippen molar-refractivity contribution in [1.82, 2.24) is 4.90 Å². The molecule has 4 N–H and O–H groups in total. The van der Waals surface area contributed by atoms with Crippen LogP contribution in [0.3, 0.4) is 0 Å². The minimum Gasteiger partial charge on any atom is -0.395 e. The molecule has 1 aliphatic heterocycles. The Kier molecular flexibility index (Phi) is 4.04. The molecule has 6 nitrogen and oxygen atoms in total. The summed E-state index contributed by atoms with van der Waals surface area (Å²) in [7, 11) is 0. The van der Waals surface area contributed by atoms with Crippen molar-refractivity contribution in [3.8, 4) is 0 Å². The maximum atomic E-state index is 9.38. The van der Waals surface area contributed by atoms with Gasteiger partial charge in [0.25, 0.3) is 0 Å². The lowest BCUT2D eigenvalue weighted by Crippen LogP contribution is -2.58. The van der Waals surface area contributed by atoms with E-state index in [-0.39, 0.29) is 19.9 Å². The third kappa shape index (κ3) is 2.37. The Morgan fingerprint density at radius 1 is 1.31 bits per heavy atom. The minimum absolute atomic E-state index is 0.0807. The largest absolute Gasteiger partial charge is 0.395 e. The summed E-state index contributed by atoms with van der Waals surface area (Å²) in [6.45, 7) is 0.0449. The van der Waals surface area contributed by atoms with Crippen LogP contribution in [0.4, 0.5) is 0 Å². The van der Waals surface area contributed by atoms with Crippen LogP contribution < -0.4 is 0 Å². The molecule has 0 saturated carbocycles. The van der Waals surface area contributed by atoms with Crippen LogP contribution in [-0.2, 0) is 4.74 Å². The van der Waals surface area contributed by atoms with E-state index in [9.17, 15) is 5.11 Å². The third-order valence-corrected chi connectivity index (χ3v) is 2.14. The number of β-amino-alcohol motifs (C(OH)–C–C–N with tert-alkyl or cyclic N) is 1. The number of hydrogen-bond acceptors (Lipinski definition) is 6. The van der Waals surface area contributed by atoms with Crippen LogP contribution in [0, 0.1) is 0 Å². The molecule has 1 heterocycles. The van der Waals surface area contributed by atoms with E-state index < -0.39 is 18.4 Å². The number of rotatable bonds is 3. The number of nitrogens with zero attached hydrogens (tertiary/aromatic N) is 1. The van der Waals surface area contributed by atoms with Crippen LogP contribution in [0.25, 0.3) is 0 Å². The second kappa shape index (κ2) is 4.85. The first-order valence-electron chi connectivity index (χ1n) is 4.14. The maximum absolute atomic E-state index is 9.38. The Bertz CT molecular complexity index is 156. The fourth-order valence-electron chi connectivity index (χ4n) is 1.35. The molecule has 6 heteroatoms. The van der Waals surface area contributed by atoms with Crippen LogP contribution in [0.15, 0.2) is 0 Å². The van der Waals surface area contributed by atoms with Crippen LogP contribution in [0.1, 0.15) is 0 Å². The van der Waals surface area contributed by atoms with E-state index in [1.54, 1.807) is 4.90 Å². The Labute approximate surface area is 76.0 Å². The van der Waals surface area contributed by atoms with Gasteiger partial charge in [-0.25, -0.2) is 0 Å². The molecule has 0 amide bonds. The van der Waals surface area contributed by atoms with Gasteiger partial charge >= 0.3 is 0 Å². The van der Waals surface area contributed by atoms with Gasteiger partial charge < -0.3 is 25.2 Å². The van der Waals surface area contributed by atoms with Crippen molar-refractivity contribution >= 4 is 0 Å². The molecule has 13 heavy (non-hydrogen) atoms. The molecule has 0 aliphatic carbocycles. The molecule has 1 aliphatic rings. The highest BCUT2D eigenvalue weighted by molar-refractivity contribution is 4.82. The smallest absolute Gasteiger partial charge is 0.184 e. The topological polar surface area (TPSA) is 93.4 Å². The Hall–Kier alpha value is -0.240. The molecule has 0 aromatic heterocycles. The summed E-state index contributed by atoms with van der Waals surface area (Å²) in [6, 6.07) is -0.573. The van der Waals surface area contributed by atoms with Gasteiger partial charge in [-0.2, -0.15) is 0 Å². The molecule has 3 atom stereocenters. The summed E-state index contributed by atoms with van der Waals surface area (Å²) in [5.41, 5.74) is 0. The normalized spacial score (nSPS) is 36.5. The monoisotopic (exact) mass is 193 g/mol. The molecule has 0 bridgehead atoms. The maximum Gasteiger partial charge on any atom is 0.184 e. The summed E-state index contributed by atoms with van der Waals surface area (Å²) in [4.78, 5) is 1.57. The van der Waals surface area contributed by atoms with Crippen LogP contribution in [0.5, 0.6) is 0 Å². The van der Waals surface area contributed by atoms with E-state index in [2.05, 4.69) is 0 Å². The molecule has 1 fully saturated rings. The molecule has 0 radical (unpaired) electrons. The molecule has 78 valence electrons. The summed E-state index contributed by atoms with van der Waals surface area (Å²) in [5.74, 6) is 0. The lowest BCUT2D eigenvalue weighted by atomic mass is 10.1. The first-order chi connectivity index (χ1) is 6.20. The van der Waals surface area contributed by atoms with Crippen molar-refractivity contribution in [3.63, 3.8) is 0 Å². The third-order valence-electron chi connectivity index (χ3n) is 2.14. The first kappa shape index (κ1) is 10.8. The Balaban J connectivity index is 2.55. The number of hydrogen-bond donors (Lipinski definition) is 4. The average Bonchev–Trinajstić information content (AvgIpc) is 2.12. The lowest BCUT2D eigenvalue weighted by molar-refractivity contribution is -0.248. The number of aliphatic hydroxyl groups is 4. The zero-order valence-electron chi connectivity index (χ0n) is 7.20. The van der Waals surface area contributed by atoms with E-state index in [0.29, 0.717) is 6.54 Å². The lowest BCUT2D eigenvalue weighted by Gasteiger charge is -2.39. The SMILES string of the molecule is OCCN1COC(O)[C@H](O)C1CO. The second-order valence-electron chi connectivity index (χ2n) is 2.96. The van der Waals surface area contributed by atoms with Gasteiger partial charge in [0, 0.05) is 6.54 Å². The van der Waals surface area contributed by atoms with Gasteiger partial charge in [0.15, 0.2) is 6.29 Å². The summed E-state index contributed by atoms with van der Waals surface area (Å²) >= 11 is 0. The van der Waals surface area contributed by atoms with E-state index in [1.807, 2.05) is 0 Å². The quantitative estimate of drug-likeness (QED) is 0.390. The Morgan fingerprint density at radius 2 is 2.00 bits per heavy atom. The predicted molar refractivity (Wildman–Crippen MR) is 42.6 cm³/mol. The molecule has 0 aromatic carbocycles. The molecule has 1 rings (SSSR count). The van der Waals surface area contributed by atoms with Crippen LogP contribution in [0.2, 0.25) is 0 Å². The van der Waals surface area contributed by atoms with Crippen molar-refractivity contribution in [2.45, 2.75) is 18.4 Å². The van der Waals surface area contributed by atoms with Gasteiger partial charge in [0.1, 0.15) is 12.8 Å². The average molecular weight is 193 g/mol. The van der Waals surface area contributed by atoms with Crippen LogP contribution >= 0.6 is 0 Å². The fourth-order valence-corrected chi connectivity index (χ4v) is 1.35. The molecular formula is C7H15NO5. The van der Waals surface area contributed by atoms with Crippen molar-refractivity contribution < 1.29 is 25.2 Å². The summed E-state index contributed by atoms with van der Waals surface area (Å²) in [6.07, 6.45) is -2.39. The molecule has 1 saturated heterocycles. The highest BCUT2D eigenvalue weighted by atomic mass is 16.6. The van der Waals surface area contributed by atoms with Crippen molar-refractivity contribution in [2.24, 2.45) is 0 Å². The second-order valence-corrected chi connectivity index (χ2v) is 2.96. The zero-order valence-corrected chi connectivity index (χ0v) is 7.20.